The minimum atomic E-state index is -0.600. The number of hydrogen-bond acceptors (Lipinski definition) is 3. The molecule has 0 saturated carbocycles. The predicted octanol–water partition coefficient (Wildman–Crippen LogP) is 2.55. The fourth-order valence-corrected chi connectivity index (χ4v) is 1.94. The first-order chi connectivity index (χ1) is 8.54. The highest BCUT2D eigenvalue weighted by atomic mass is 16.5. The Hall–Kier alpha value is -2.10. The number of nitrogens with zero attached hydrogens (tertiary/aromatic N) is 2. The summed E-state index contributed by atoms with van der Waals surface area (Å²) < 4.78 is 7.84. The lowest BCUT2D eigenvalue weighted by Crippen LogP contribution is -2.29. The third-order valence-corrected chi connectivity index (χ3v) is 2.77. The molecule has 0 spiro atoms. The van der Waals surface area contributed by atoms with Gasteiger partial charge in [0.2, 0.25) is 0 Å². The van der Waals surface area contributed by atoms with Crippen molar-refractivity contribution in [3.8, 4) is 5.75 Å². The van der Waals surface area contributed by atoms with Crippen molar-refractivity contribution < 1.29 is 9.53 Å². The summed E-state index contributed by atoms with van der Waals surface area (Å²) >= 11 is 0. The van der Waals surface area contributed by atoms with Crippen LogP contribution >= 0.6 is 0 Å². The molecule has 4 heteroatoms. The Bertz CT molecular complexity index is 558. The lowest BCUT2D eigenvalue weighted by atomic mass is 10.1. The van der Waals surface area contributed by atoms with Crippen molar-refractivity contribution in [2.24, 2.45) is 7.05 Å². The molecular formula is C14H16N2O2. The number of carbonyl (C=O) groups excluding carboxylic acids is 1. The Morgan fingerprint density at radius 1 is 1.33 bits per heavy atom. The third kappa shape index (κ3) is 2.27. The van der Waals surface area contributed by atoms with Crippen LogP contribution in [0.2, 0.25) is 0 Å². The fraction of sp³-hybridized carbons (Fsp3) is 0.286. The van der Waals surface area contributed by atoms with Crippen LogP contribution in [0, 0.1) is 0 Å². The zero-order chi connectivity index (χ0) is 13.2. The molecule has 1 aromatic carbocycles. The van der Waals surface area contributed by atoms with Gasteiger partial charge in [0.1, 0.15) is 5.75 Å². The molecule has 0 radical (unpaired) electrons. The highest BCUT2D eigenvalue weighted by Gasteiger charge is 2.27. The number of aromatic nitrogens is 2. The molecule has 18 heavy (non-hydrogen) atoms. The van der Waals surface area contributed by atoms with Crippen LogP contribution in [0.3, 0.4) is 0 Å². The SMILES string of the molecule is Cn1ccnc1C(C)(C)Oc1ccccc1C=O. The normalized spacial score (nSPS) is 11.3. The third-order valence-electron chi connectivity index (χ3n) is 2.77. The van der Waals surface area contributed by atoms with E-state index in [1.54, 1.807) is 18.3 Å². The summed E-state index contributed by atoms with van der Waals surface area (Å²) in [5.41, 5.74) is -0.0584. The van der Waals surface area contributed by atoms with Gasteiger partial charge in [-0.25, -0.2) is 4.98 Å². The van der Waals surface area contributed by atoms with Gasteiger partial charge in [0.15, 0.2) is 17.7 Å². The largest absolute Gasteiger partial charge is 0.479 e. The maximum absolute atomic E-state index is 11.0. The van der Waals surface area contributed by atoms with E-state index in [-0.39, 0.29) is 0 Å². The van der Waals surface area contributed by atoms with Gasteiger partial charge in [-0.15, -0.1) is 0 Å². The molecule has 0 saturated heterocycles. The highest BCUT2D eigenvalue weighted by molar-refractivity contribution is 5.79. The number of para-hydroxylation sites is 1. The zero-order valence-electron chi connectivity index (χ0n) is 10.8. The lowest BCUT2D eigenvalue weighted by Gasteiger charge is -2.26. The van der Waals surface area contributed by atoms with Gasteiger partial charge in [-0.3, -0.25) is 4.79 Å². The molecule has 0 fully saturated rings. The molecule has 0 unspecified atom stereocenters. The van der Waals surface area contributed by atoms with E-state index in [0.717, 1.165) is 12.1 Å². The van der Waals surface area contributed by atoms with E-state index >= 15 is 0 Å². The number of imidazole rings is 1. The minimum Gasteiger partial charge on any atom is -0.479 e. The molecule has 0 bridgehead atoms. The number of ether oxygens (including phenoxy) is 1. The molecule has 0 atom stereocenters. The topological polar surface area (TPSA) is 44.1 Å². The van der Waals surface area contributed by atoms with Crippen LogP contribution in [0.5, 0.6) is 5.75 Å². The Morgan fingerprint density at radius 3 is 2.67 bits per heavy atom. The van der Waals surface area contributed by atoms with Crippen molar-refractivity contribution in [3.63, 3.8) is 0 Å². The number of hydrogen-bond donors (Lipinski definition) is 0. The predicted molar refractivity (Wildman–Crippen MR) is 68.7 cm³/mol. The molecule has 94 valence electrons. The van der Waals surface area contributed by atoms with Gasteiger partial charge in [0.05, 0.1) is 5.56 Å². The molecule has 1 aromatic heterocycles. The molecule has 0 aliphatic rings. The van der Waals surface area contributed by atoms with Crippen molar-refractivity contribution in [3.05, 3.63) is 48.0 Å². The summed E-state index contributed by atoms with van der Waals surface area (Å²) in [7, 11) is 1.92. The second-order valence-electron chi connectivity index (χ2n) is 4.63. The van der Waals surface area contributed by atoms with E-state index in [0.29, 0.717) is 11.3 Å². The van der Waals surface area contributed by atoms with Gasteiger partial charge in [0, 0.05) is 19.4 Å². The Labute approximate surface area is 106 Å². The summed E-state index contributed by atoms with van der Waals surface area (Å²) in [6.45, 7) is 3.85. The number of rotatable bonds is 4. The molecule has 2 aromatic rings. The van der Waals surface area contributed by atoms with Crippen LogP contribution in [0.25, 0.3) is 0 Å². The van der Waals surface area contributed by atoms with Gasteiger partial charge < -0.3 is 9.30 Å². The van der Waals surface area contributed by atoms with Crippen LogP contribution in [-0.2, 0) is 12.6 Å². The molecule has 4 nitrogen and oxygen atoms in total. The number of carbonyl (C=O) groups is 1. The summed E-state index contributed by atoms with van der Waals surface area (Å²) in [6, 6.07) is 7.17. The van der Waals surface area contributed by atoms with E-state index < -0.39 is 5.60 Å². The maximum atomic E-state index is 11.0. The van der Waals surface area contributed by atoms with Crippen molar-refractivity contribution >= 4 is 6.29 Å². The van der Waals surface area contributed by atoms with E-state index in [9.17, 15) is 4.79 Å². The molecule has 1 heterocycles. The Balaban J connectivity index is 2.33. The summed E-state index contributed by atoms with van der Waals surface area (Å²) in [4.78, 5) is 15.3. The second kappa shape index (κ2) is 4.64. The highest BCUT2D eigenvalue weighted by Crippen LogP contribution is 2.28. The van der Waals surface area contributed by atoms with Crippen LogP contribution in [0.15, 0.2) is 36.7 Å². The maximum Gasteiger partial charge on any atom is 0.161 e. The summed E-state index contributed by atoms with van der Waals surface area (Å²) in [6.07, 6.45) is 4.39. The quantitative estimate of drug-likeness (QED) is 0.776. The van der Waals surface area contributed by atoms with Gasteiger partial charge in [-0.2, -0.15) is 0 Å². The lowest BCUT2D eigenvalue weighted by molar-refractivity contribution is 0.0922. The molecule has 0 amide bonds. The van der Waals surface area contributed by atoms with Gasteiger partial charge in [0.25, 0.3) is 0 Å². The summed E-state index contributed by atoms with van der Waals surface area (Å²) in [5, 5.41) is 0. The Morgan fingerprint density at radius 2 is 2.06 bits per heavy atom. The van der Waals surface area contributed by atoms with Gasteiger partial charge in [-0.1, -0.05) is 12.1 Å². The van der Waals surface area contributed by atoms with Crippen molar-refractivity contribution in [1.82, 2.24) is 9.55 Å². The first-order valence-electron chi connectivity index (χ1n) is 5.75. The first kappa shape index (κ1) is 12.4. The first-order valence-corrected chi connectivity index (χ1v) is 5.75. The fourth-order valence-electron chi connectivity index (χ4n) is 1.94. The molecule has 0 aliphatic carbocycles. The van der Waals surface area contributed by atoms with Crippen molar-refractivity contribution in [2.75, 3.05) is 0 Å². The minimum absolute atomic E-state index is 0.541. The Kier molecular flexibility index (Phi) is 3.19. The van der Waals surface area contributed by atoms with Crippen LogP contribution in [0.4, 0.5) is 0 Å². The number of aldehydes is 1. The molecule has 0 aliphatic heterocycles. The van der Waals surface area contributed by atoms with Gasteiger partial charge in [-0.05, 0) is 26.0 Å². The van der Waals surface area contributed by atoms with Crippen LogP contribution in [0.1, 0.15) is 30.0 Å². The average Bonchev–Trinajstić information content (AvgIpc) is 2.76. The van der Waals surface area contributed by atoms with E-state index in [2.05, 4.69) is 4.98 Å². The monoisotopic (exact) mass is 244 g/mol. The second-order valence-corrected chi connectivity index (χ2v) is 4.63. The van der Waals surface area contributed by atoms with Crippen LogP contribution in [-0.4, -0.2) is 15.8 Å². The standard InChI is InChI=1S/C14H16N2O2/c1-14(2,13-15-8-9-16(13)3)18-12-7-5-4-6-11(12)10-17/h4-10H,1-3H3. The molecule has 2 rings (SSSR count). The average molecular weight is 244 g/mol. The molecular weight excluding hydrogens is 228 g/mol. The number of aryl methyl sites for hydroxylation is 1. The van der Waals surface area contributed by atoms with Crippen molar-refractivity contribution in [2.45, 2.75) is 19.4 Å². The smallest absolute Gasteiger partial charge is 0.161 e. The zero-order valence-corrected chi connectivity index (χ0v) is 10.8. The molecule has 0 N–H and O–H groups in total. The summed E-state index contributed by atoms with van der Waals surface area (Å²) in [5.74, 6) is 1.38. The van der Waals surface area contributed by atoms with Crippen molar-refractivity contribution in [1.29, 1.82) is 0 Å². The van der Waals surface area contributed by atoms with Crippen LogP contribution < -0.4 is 4.74 Å². The van der Waals surface area contributed by atoms with E-state index in [1.807, 2.05) is 43.8 Å². The van der Waals surface area contributed by atoms with E-state index in [4.69, 9.17) is 4.74 Å². The van der Waals surface area contributed by atoms with E-state index in [1.165, 1.54) is 0 Å². The number of benzene rings is 1. The van der Waals surface area contributed by atoms with Gasteiger partial charge >= 0.3 is 0 Å².